The van der Waals surface area contributed by atoms with E-state index in [1.807, 2.05) is 63.2 Å². The van der Waals surface area contributed by atoms with Crippen LogP contribution in [0.1, 0.15) is 30.5 Å². The Labute approximate surface area is 125 Å². The molecule has 0 aromatic heterocycles. The van der Waals surface area contributed by atoms with E-state index in [1.165, 1.54) is 0 Å². The Hall–Kier alpha value is -2.84. The van der Waals surface area contributed by atoms with Crippen molar-refractivity contribution in [3.05, 3.63) is 59.2 Å². The van der Waals surface area contributed by atoms with Crippen LogP contribution in [0.5, 0.6) is 0 Å². The Morgan fingerprint density at radius 1 is 0.762 bits per heavy atom. The van der Waals surface area contributed by atoms with Crippen molar-refractivity contribution in [2.24, 2.45) is 10.2 Å². The van der Waals surface area contributed by atoms with Gasteiger partial charge in [0.2, 0.25) is 0 Å². The highest BCUT2D eigenvalue weighted by Crippen LogP contribution is 2.24. The second kappa shape index (κ2) is 7.08. The summed E-state index contributed by atoms with van der Waals surface area (Å²) in [6.45, 7) is 5.67. The van der Waals surface area contributed by atoms with Crippen LogP contribution in [-0.2, 0) is 0 Å². The number of benzene rings is 2. The molecule has 0 heterocycles. The van der Waals surface area contributed by atoms with Crippen LogP contribution in [0, 0.1) is 30.6 Å². The smallest absolute Gasteiger partial charge is 0.0882 e. The number of hydrogen-bond donors (Lipinski definition) is 0. The van der Waals surface area contributed by atoms with Crippen molar-refractivity contribution >= 4 is 11.4 Å². The molecule has 0 spiro atoms. The van der Waals surface area contributed by atoms with Crippen molar-refractivity contribution in [1.82, 2.24) is 0 Å². The van der Waals surface area contributed by atoms with Crippen molar-refractivity contribution in [1.29, 1.82) is 0 Å². The predicted octanol–water partition coefficient (Wildman–Crippen LogP) is 5.15. The zero-order chi connectivity index (χ0) is 15.1. The molecule has 0 atom stereocenters. The number of rotatable bonds is 2. The molecule has 0 radical (unpaired) electrons. The number of hydrogen-bond acceptors (Lipinski definition) is 2. The molecule has 2 aromatic rings. The first-order valence-electron chi connectivity index (χ1n) is 6.71. The molecule has 0 saturated heterocycles. The van der Waals surface area contributed by atoms with Gasteiger partial charge in [0.1, 0.15) is 0 Å². The van der Waals surface area contributed by atoms with Gasteiger partial charge < -0.3 is 0 Å². The Bertz CT molecular complexity index is 738. The lowest BCUT2D eigenvalue weighted by Gasteiger charge is -2.04. The lowest BCUT2D eigenvalue weighted by atomic mass is 10.0. The third-order valence-electron chi connectivity index (χ3n) is 2.95. The molecule has 2 nitrogen and oxygen atoms in total. The molecule has 0 aliphatic rings. The van der Waals surface area contributed by atoms with Gasteiger partial charge in [0, 0.05) is 11.1 Å². The van der Waals surface area contributed by atoms with E-state index in [-0.39, 0.29) is 0 Å². The SMILES string of the molecule is CC#Cc1cc(N=Nc2ccccc2)cc(C#CC)c1C. The first kappa shape index (κ1) is 14.6. The summed E-state index contributed by atoms with van der Waals surface area (Å²) in [6.07, 6.45) is 0. The van der Waals surface area contributed by atoms with Crippen LogP contribution in [0.2, 0.25) is 0 Å². The first-order valence-corrected chi connectivity index (χ1v) is 6.71. The van der Waals surface area contributed by atoms with E-state index in [0.717, 1.165) is 28.1 Å². The van der Waals surface area contributed by atoms with Gasteiger partial charge in [-0.1, -0.05) is 30.0 Å². The van der Waals surface area contributed by atoms with Crippen LogP contribution >= 0.6 is 0 Å². The van der Waals surface area contributed by atoms with Crippen LogP contribution in [-0.4, -0.2) is 0 Å². The van der Waals surface area contributed by atoms with Crippen molar-refractivity contribution in [2.75, 3.05) is 0 Å². The number of nitrogens with zero attached hydrogens (tertiary/aromatic N) is 2. The summed E-state index contributed by atoms with van der Waals surface area (Å²) in [5, 5.41) is 8.53. The van der Waals surface area contributed by atoms with Gasteiger partial charge in [0.25, 0.3) is 0 Å². The van der Waals surface area contributed by atoms with E-state index in [9.17, 15) is 0 Å². The van der Waals surface area contributed by atoms with E-state index >= 15 is 0 Å². The van der Waals surface area contributed by atoms with Crippen LogP contribution in [0.15, 0.2) is 52.7 Å². The molecule has 0 aliphatic carbocycles. The average molecular weight is 272 g/mol. The molecule has 0 fully saturated rings. The van der Waals surface area contributed by atoms with Gasteiger partial charge in [-0.05, 0) is 50.6 Å². The summed E-state index contributed by atoms with van der Waals surface area (Å²) in [7, 11) is 0. The van der Waals surface area contributed by atoms with Crippen LogP contribution in [0.3, 0.4) is 0 Å². The second-order valence-electron chi connectivity index (χ2n) is 4.45. The van der Waals surface area contributed by atoms with Crippen LogP contribution in [0.25, 0.3) is 0 Å². The Morgan fingerprint density at radius 2 is 1.29 bits per heavy atom. The monoisotopic (exact) mass is 272 g/mol. The zero-order valence-electron chi connectivity index (χ0n) is 12.4. The van der Waals surface area contributed by atoms with E-state index < -0.39 is 0 Å². The molecule has 0 N–H and O–H groups in total. The fourth-order valence-electron chi connectivity index (χ4n) is 1.90. The van der Waals surface area contributed by atoms with Gasteiger partial charge in [-0.2, -0.15) is 10.2 Å². The van der Waals surface area contributed by atoms with Gasteiger partial charge in [0.15, 0.2) is 0 Å². The Balaban J connectivity index is 2.45. The molecule has 0 aliphatic heterocycles. The standard InChI is InChI=1S/C19H16N2/c1-4-9-16-13-19(14-17(10-5-2)15(16)3)21-20-18-11-7-6-8-12-18/h6-8,11-14H,1-3H3. The molecule has 0 unspecified atom stereocenters. The van der Waals surface area contributed by atoms with E-state index in [2.05, 4.69) is 33.9 Å². The predicted molar refractivity (Wildman–Crippen MR) is 86.9 cm³/mol. The first-order chi connectivity index (χ1) is 10.2. The summed E-state index contributed by atoms with van der Waals surface area (Å²) in [4.78, 5) is 0. The van der Waals surface area contributed by atoms with Crippen molar-refractivity contribution < 1.29 is 0 Å². The third-order valence-corrected chi connectivity index (χ3v) is 2.95. The van der Waals surface area contributed by atoms with Gasteiger partial charge >= 0.3 is 0 Å². The van der Waals surface area contributed by atoms with Crippen molar-refractivity contribution in [3.63, 3.8) is 0 Å². The maximum absolute atomic E-state index is 4.29. The second-order valence-corrected chi connectivity index (χ2v) is 4.45. The lowest BCUT2D eigenvalue weighted by molar-refractivity contribution is 1.22. The van der Waals surface area contributed by atoms with Crippen LogP contribution in [0.4, 0.5) is 11.4 Å². The highest BCUT2D eigenvalue weighted by Gasteiger charge is 2.04. The normalized spacial score (nSPS) is 9.67. The largest absolute Gasteiger partial charge is 0.151 e. The summed E-state index contributed by atoms with van der Waals surface area (Å²) in [6, 6.07) is 13.5. The van der Waals surface area contributed by atoms with E-state index in [0.29, 0.717) is 0 Å². The Kier molecular flexibility index (Phi) is 4.91. The van der Waals surface area contributed by atoms with E-state index in [1.54, 1.807) is 0 Å². The van der Waals surface area contributed by atoms with Gasteiger partial charge in [0.05, 0.1) is 11.4 Å². The molecule has 21 heavy (non-hydrogen) atoms. The van der Waals surface area contributed by atoms with Gasteiger partial charge in [-0.3, -0.25) is 0 Å². The molecule has 2 aromatic carbocycles. The zero-order valence-corrected chi connectivity index (χ0v) is 12.4. The van der Waals surface area contributed by atoms with Gasteiger partial charge in [-0.15, -0.1) is 11.8 Å². The Morgan fingerprint density at radius 3 is 1.81 bits per heavy atom. The van der Waals surface area contributed by atoms with E-state index in [4.69, 9.17) is 0 Å². The topological polar surface area (TPSA) is 24.7 Å². The lowest BCUT2D eigenvalue weighted by Crippen LogP contribution is -1.88. The summed E-state index contributed by atoms with van der Waals surface area (Å²) < 4.78 is 0. The number of azo groups is 1. The van der Waals surface area contributed by atoms with Gasteiger partial charge in [-0.25, -0.2) is 0 Å². The third kappa shape index (κ3) is 3.81. The maximum Gasteiger partial charge on any atom is 0.0882 e. The van der Waals surface area contributed by atoms with Crippen molar-refractivity contribution in [3.8, 4) is 23.7 Å². The average Bonchev–Trinajstić information content (AvgIpc) is 2.51. The minimum Gasteiger partial charge on any atom is -0.151 e. The highest BCUT2D eigenvalue weighted by atomic mass is 15.1. The molecule has 0 amide bonds. The fourth-order valence-corrected chi connectivity index (χ4v) is 1.90. The molecule has 2 heteroatoms. The molecule has 0 saturated carbocycles. The molecule has 2 rings (SSSR count). The minimum absolute atomic E-state index is 0.764. The molecule has 0 bridgehead atoms. The molecular weight excluding hydrogens is 256 g/mol. The summed E-state index contributed by atoms with van der Waals surface area (Å²) in [5.74, 6) is 12.0. The summed E-state index contributed by atoms with van der Waals surface area (Å²) in [5.41, 5.74) is 4.56. The quantitative estimate of drug-likeness (QED) is 0.533. The van der Waals surface area contributed by atoms with Crippen LogP contribution < -0.4 is 0 Å². The highest BCUT2D eigenvalue weighted by molar-refractivity contribution is 5.59. The maximum atomic E-state index is 4.29. The minimum atomic E-state index is 0.764. The molecular formula is C19H16N2. The summed E-state index contributed by atoms with van der Waals surface area (Å²) >= 11 is 0. The molecule has 102 valence electrons. The van der Waals surface area contributed by atoms with Crippen molar-refractivity contribution in [2.45, 2.75) is 20.8 Å². The fraction of sp³-hybridized carbons (Fsp3) is 0.158.